The van der Waals surface area contributed by atoms with Gasteiger partial charge < -0.3 is 9.47 Å². The van der Waals surface area contributed by atoms with Gasteiger partial charge in [-0.1, -0.05) is 201 Å². The van der Waals surface area contributed by atoms with Gasteiger partial charge in [-0.05, 0) is 129 Å². The van der Waals surface area contributed by atoms with Crippen LogP contribution in [0.2, 0.25) is 0 Å². The van der Waals surface area contributed by atoms with Crippen molar-refractivity contribution in [1.82, 2.24) is 4.57 Å². The first-order valence-corrected chi connectivity index (χ1v) is 24.5. The highest BCUT2D eigenvalue weighted by molar-refractivity contribution is 6.14. The van der Waals surface area contributed by atoms with Crippen LogP contribution in [0.1, 0.15) is 67.2 Å². The predicted molar refractivity (Wildman–Crippen MR) is 287 cm³/mol. The van der Waals surface area contributed by atoms with Crippen molar-refractivity contribution in [3.05, 3.63) is 253 Å². The molecule has 1 fully saturated rings. The molecular formula is C66H52N2. The van der Waals surface area contributed by atoms with E-state index in [4.69, 9.17) is 0 Å². The molecule has 1 saturated carbocycles. The maximum atomic E-state index is 2.53. The molecule has 0 amide bonds. The van der Waals surface area contributed by atoms with Gasteiger partial charge in [0.2, 0.25) is 0 Å². The number of anilines is 3. The van der Waals surface area contributed by atoms with Crippen LogP contribution in [0.15, 0.2) is 231 Å². The lowest BCUT2D eigenvalue weighted by Gasteiger charge is -2.32. The van der Waals surface area contributed by atoms with Crippen LogP contribution >= 0.6 is 0 Å². The van der Waals surface area contributed by atoms with Gasteiger partial charge in [0.05, 0.1) is 16.7 Å². The number of benzene rings is 10. The van der Waals surface area contributed by atoms with Crippen LogP contribution in [0, 0.1) is 0 Å². The van der Waals surface area contributed by atoms with Crippen molar-refractivity contribution < 1.29 is 0 Å². The predicted octanol–water partition coefficient (Wildman–Crippen LogP) is 18.1. The number of hydrogen-bond acceptors (Lipinski definition) is 1. The summed E-state index contributed by atoms with van der Waals surface area (Å²) in [5.41, 5.74) is 19.7. The number of hydrogen-bond donors (Lipinski definition) is 0. The van der Waals surface area contributed by atoms with Crippen molar-refractivity contribution in [2.75, 3.05) is 4.90 Å². The van der Waals surface area contributed by atoms with Gasteiger partial charge in [0, 0.05) is 44.4 Å². The highest BCUT2D eigenvalue weighted by Crippen LogP contribution is 2.55. The molecule has 326 valence electrons. The first-order valence-electron chi connectivity index (χ1n) is 24.5. The van der Waals surface area contributed by atoms with Gasteiger partial charge in [0.1, 0.15) is 0 Å². The summed E-state index contributed by atoms with van der Waals surface area (Å²) >= 11 is 0. The van der Waals surface area contributed by atoms with Crippen molar-refractivity contribution in [3.8, 4) is 39.1 Å². The van der Waals surface area contributed by atoms with E-state index >= 15 is 0 Å². The van der Waals surface area contributed by atoms with Crippen molar-refractivity contribution in [3.63, 3.8) is 0 Å². The number of nitrogens with zero attached hydrogens (tertiary/aromatic N) is 2. The van der Waals surface area contributed by atoms with E-state index < -0.39 is 0 Å². The Hall–Kier alpha value is -7.94. The smallest absolute Gasteiger partial charge is 0.0619 e. The molecule has 0 N–H and O–H groups in total. The lowest BCUT2D eigenvalue weighted by Crippen LogP contribution is -2.22. The Morgan fingerprint density at radius 1 is 0.456 bits per heavy atom. The average Bonchev–Trinajstić information content (AvgIpc) is 3.89. The van der Waals surface area contributed by atoms with Gasteiger partial charge >= 0.3 is 0 Å². The molecule has 1 atom stereocenters. The average molecular weight is 873 g/mol. The summed E-state index contributed by atoms with van der Waals surface area (Å²) in [6.07, 6.45) is 6.45. The second-order valence-corrected chi connectivity index (χ2v) is 19.1. The maximum absolute atomic E-state index is 2.53. The molecule has 1 heterocycles. The fourth-order valence-corrected chi connectivity index (χ4v) is 12.3. The van der Waals surface area contributed by atoms with E-state index in [9.17, 15) is 0 Å². The van der Waals surface area contributed by atoms with Crippen molar-refractivity contribution in [2.24, 2.45) is 0 Å². The molecule has 1 unspecified atom stereocenters. The van der Waals surface area contributed by atoms with Crippen LogP contribution in [0.25, 0.3) is 71.6 Å². The van der Waals surface area contributed by atoms with Gasteiger partial charge in [0.25, 0.3) is 0 Å². The zero-order valence-electron chi connectivity index (χ0n) is 38.4. The summed E-state index contributed by atoms with van der Waals surface area (Å²) in [6.45, 7) is 2.42. The molecule has 0 saturated heterocycles. The molecule has 2 nitrogen and oxygen atoms in total. The molecule has 10 aromatic carbocycles. The van der Waals surface area contributed by atoms with Crippen LogP contribution in [0.5, 0.6) is 0 Å². The third-order valence-electron chi connectivity index (χ3n) is 15.5. The molecule has 2 aliphatic carbocycles. The molecule has 0 bridgehead atoms. The van der Waals surface area contributed by atoms with E-state index in [2.05, 4.69) is 247 Å². The fraction of sp³-hybridized carbons (Fsp3) is 0.121. The van der Waals surface area contributed by atoms with Gasteiger partial charge in [0.15, 0.2) is 0 Å². The quantitative estimate of drug-likeness (QED) is 0.148. The highest BCUT2D eigenvalue weighted by atomic mass is 15.1. The Morgan fingerprint density at radius 2 is 1.07 bits per heavy atom. The van der Waals surface area contributed by atoms with Crippen LogP contribution in [0.4, 0.5) is 17.1 Å². The van der Waals surface area contributed by atoms with Crippen molar-refractivity contribution in [1.29, 1.82) is 0 Å². The van der Waals surface area contributed by atoms with E-state index in [1.807, 2.05) is 0 Å². The van der Waals surface area contributed by atoms with Gasteiger partial charge in [-0.2, -0.15) is 0 Å². The SMILES string of the molecule is CC1(c2ccccc2)c2ccccc2-c2ccc(N(c3ccc(-c4cccc5c6ccccc6n(-c6ccccc6)c45)cc3)c3ccccc3-c3cccc4cccc(C5CCCCC5)c34)cc21. The van der Waals surface area contributed by atoms with Gasteiger partial charge in [-0.3, -0.25) is 0 Å². The zero-order valence-corrected chi connectivity index (χ0v) is 38.4. The summed E-state index contributed by atoms with van der Waals surface area (Å²) in [5, 5.41) is 5.22. The van der Waals surface area contributed by atoms with E-state index in [0.29, 0.717) is 5.92 Å². The van der Waals surface area contributed by atoms with Crippen LogP contribution in [0.3, 0.4) is 0 Å². The van der Waals surface area contributed by atoms with Crippen LogP contribution in [-0.4, -0.2) is 4.57 Å². The molecule has 13 rings (SSSR count). The lowest BCUT2D eigenvalue weighted by atomic mass is 9.74. The van der Waals surface area contributed by atoms with Crippen LogP contribution in [-0.2, 0) is 5.41 Å². The Balaban J connectivity index is 1.03. The molecular weight excluding hydrogens is 821 g/mol. The number of rotatable bonds is 8. The van der Waals surface area contributed by atoms with E-state index in [0.717, 1.165) is 22.7 Å². The standard InChI is InChI=1S/C66H52N2/c1-66(48-24-7-3-8-25-48)60-35-14-11-28-54(60)55-43-42-51(44-61(55)66)67(62-36-15-12-29-56(62)58-33-18-23-47-22-17-31-52(64(47)58)45-20-5-2-6-21-45)50-40-38-46(39-41-50)53-32-19-34-59-57-30-13-16-37-63(57)68(65(53)59)49-26-9-4-10-27-49/h3-4,7-19,22-45H,2,5-6,20-21H2,1H3. The monoisotopic (exact) mass is 872 g/mol. The zero-order chi connectivity index (χ0) is 45.2. The van der Waals surface area contributed by atoms with Crippen LogP contribution < -0.4 is 4.90 Å². The molecule has 68 heavy (non-hydrogen) atoms. The number of para-hydroxylation sites is 4. The minimum absolute atomic E-state index is 0.335. The Labute approximate surface area is 399 Å². The summed E-state index contributed by atoms with van der Waals surface area (Å²) in [7, 11) is 0. The Kier molecular flexibility index (Phi) is 9.75. The first-order chi connectivity index (χ1) is 33.6. The number of aromatic nitrogens is 1. The molecule has 0 aliphatic heterocycles. The highest BCUT2D eigenvalue weighted by Gasteiger charge is 2.41. The summed E-state index contributed by atoms with van der Waals surface area (Å²) < 4.78 is 2.44. The van der Waals surface area contributed by atoms with Gasteiger partial charge in [-0.15, -0.1) is 0 Å². The van der Waals surface area contributed by atoms with E-state index in [-0.39, 0.29) is 5.41 Å². The second kappa shape index (κ2) is 16.4. The molecule has 2 heteroatoms. The minimum atomic E-state index is -0.335. The first kappa shape index (κ1) is 40.3. The normalized spacial score (nSPS) is 15.7. The van der Waals surface area contributed by atoms with Gasteiger partial charge in [-0.25, -0.2) is 0 Å². The van der Waals surface area contributed by atoms with Crippen molar-refractivity contribution >= 4 is 49.6 Å². The molecule has 2 aliphatic rings. The number of fused-ring (bicyclic) bond motifs is 7. The third kappa shape index (κ3) is 6.39. The molecule has 0 spiro atoms. The Morgan fingerprint density at radius 3 is 1.90 bits per heavy atom. The summed E-state index contributed by atoms with van der Waals surface area (Å²) in [6, 6.07) is 86.1. The van der Waals surface area contributed by atoms with E-state index in [1.54, 1.807) is 0 Å². The molecule has 11 aromatic rings. The lowest BCUT2D eigenvalue weighted by molar-refractivity contribution is 0.445. The molecule has 0 radical (unpaired) electrons. The topological polar surface area (TPSA) is 8.17 Å². The van der Waals surface area contributed by atoms with E-state index in [1.165, 1.54) is 120 Å². The minimum Gasteiger partial charge on any atom is -0.310 e. The summed E-state index contributed by atoms with van der Waals surface area (Å²) in [5.74, 6) is 0.573. The molecule has 1 aromatic heterocycles. The summed E-state index contributed by atoms with van der Waals surface area (Å²) in [4.78, 5) is 2.53. The Bertz CT molecular complexity index is 3660. The third-order valence-corrected chi connectivity index (χ3v) is 15.5. The fourth-order valence-electron chi connectivity index (χ4n) is 12.3. The second-order valence-electron chi connectivity index (χ2n) is 19.1. The van der Waals surface area contributed by atoms with Crippen molar-refractivity contribution in [2.45, 2.75) is 50.4 Å². The maximum Gasteiger partial charge on any atom is 0.0619 e. The largest absolute Gasteiger partial charge is 0.310 e.